The van der Waals surface area contributed by atoms with Crippen LogP contribution in [0.1, 0.15) is 36.1 Å². The largest absolute Gasteiger partial charge is 0.497 e. The minimum atomic E-state index is 0.358. The summed E-state index contributed by atoms with van der Waals surface area (Å²) in [6.07, 6.45) is 1.97. The molecular weight excluding hydrogens is 446 g/mol. The Morgan fingerprint density at radius 3 is 2.56 bits per heavy atom. The van der Waals surface area contributed by atoms with Crippen molar-refractivity contribution in [1.29, 1.82) is 5.26 Å². The fraction of sp³-hybridized carbons (Fsp3) is 0.433. The van der Waals surface area contributed by atoms with Crippen LogP contribution in [0, 0.1) is 18.3 Å². The molecule has 0 saturated heterocycles. The predicted octanol–water partition coefficient (Wildman–Crippen LogP) is 4.40. The summed E-state index contributed by atoms with van der Waals surface area (Å²) < 4.78 is 5.42. The maximum absolute atomic E-state index is 9.50. The number of methoxy groups -OCH3 is 1. The number of hydrogen-bond donors (Lipinski definition) is 2. The van der Waals surface area contributed by atoms with E-state index in [4.69, 9.17) is 4.74 Å². The molecule has 0 bridgehead atoms. The summed E-state index contributed by atoms with van der Waals surface area (Å²) in [4.78, 5) is 4.58. The average molecular weight is 488 g/mol. The first-order chi connectivity index (χ1) is 17.2. The van der Waals surface area contributed by atoms with Crippen molar-refractivity contribution in [3.05, 3.63) is 83.2 Å². The molecule has 0 radical (unpaired) electrons. The molecule has 2 aromatic carbocycles. The van der Waals surface area contributed by atoms with E-state index in [-0.39, 0.29) is 0 Å². The van der Waals surface area contributed by atoms with Gasteiger partial charge in [0.05, 0.1) is 31.8 Å². The van der Waals surface area contributed by atoms with Crippen molar-refractivity contribution in [3.63, 3.8) is 0 Å². The lowest BCUT2D eigenvalue weighted by Gasteiger charge is -2.34. The lowest BCUT2D eigenvalue weighted by molar-refractivity contribution is 0.308. The summed E-state index contributed by atoms with van der Waals surface area (Å²) in [5.74, 6) is 0.907. The Morgan fingerprint density at radius 1 is 1.11 bits per heavy atom. The highest BCUT2D eigenvalue weighted by Crippen LogP contribution is 2.30. The topological polar surface area (TPSA) is 63.6 Å². The molecule has 0 saturated carbocycles. The fourth-order valence-electron chi connectivity index (χ4n) is 4.69. The van der Waals surface area contributed by atoms with E-state index in [0.29, 0.717) is 30.7 Å². The monoisotopic (exact) mass is 487 g/mol. The van der Waals surface area contributed by atoms with E-state index in [9.17, 15) is 5.26 Å². The van der Waals surface area contributed by atoms with Gasteiger partial charge < -0.3 is 25.2 Å². The molecule has 0 fully saturated rings. The molecular formula is C30H41N5O. The highest BCUT2D eigenvalue weighted by Gasteiger charge is 2.27. The number of hydrogen-bond acceptors (Lipinski definition) is 6. The smallest absolute Gasteiger partial charge is 0.119 e. The molecule has 0 aromatic heterocycles. The van der Waals surface area contributed by atoms with Crippen LogP contribution in [0.3, 0.4) is 0 Å². The van der Waals surface area contributed by atoms with Crippen LogP contribution in [0.4, 0.5) is 5.69 Å². The second kappa shape index (κ2) is 12.5. The molecule has 6 nitrogen and oxygen atoms in total. The van der Waals surface area contributed by atoms with E-state index < -0.39 is 0 Å². The molecule has 0 aliphatic heterocycles. The number of nitriles is 1. The number of fused-ring (bicyclic) bond motifs is 1. The van der Waals surface area contributed by atoms with Gasteiger partial charge in [-0.3, -0.25) is 0 Å². The minimum absolute atomic E-state index is 0.358. The number of ether oxygens (including phenoxy) is 1. The van der Waals surface area contributed by atoms with Crippen LogP contribution < -0.4 is 20.3 Å². The molecule has 0 amide bonds. The fourth-order valence-corrected chi connectivity index (χ4v) is 4.69. The Balaban J connectivity index is 1.72. The lowest BCUT2D eigenvalue weighted by atomic mass is 10.1. The van der Waals surface area contributed by atoms with Crippen LogP contribution in [-0.4, -0.2) is 57.3 Å². The van der Waals surface area contributed by atoms with Gasteiger partial charge in [-0.25, -0.2) is 0 Å². The third kappa shape index (κ3) is 7.05. The number of benzene rings is 2. The zero-order chi connectivity index (χ0) is 26.2. The first kappa shape index (κ1) is 27.2. The van der Waals surface area contributed by atoms with Crippen molar-refractivity contribution in [2.45, 2.75) is 45.7 Å². The maximum Gasteiger partial charge on any atom is 0.119 e. The highest BCUT2D eigenvalue weighted by molar-refractivity contribution is 5.58. The summed E-state index contributed by atoms with van der Waals surface area (Å²) in [6, 6.07) is 15.3. The Morgan fingerprint density at radius 2 is 1.86 bits per heavy atom. The van der Waals surface area contributed by atoms with Crippen molar-refractivity contribution in [1.82, 2.24) is 15.5 Å². The number of rotatable bonds is 13. The summed E-state index contributed by atoms with van der Waals surface area (Å²) >= 11 is 0. The third-order valence-corrected chi connectivity index (χ3v) is 6.86. The van der Waals surface area contributed by atoms with Crippen LogP contribution >= 0.6 is 0 Å². The number of nitrogens with zero attached hydrogens (tertiary/aromatic N) is 3. The van der Waals surface area contributed by atoms with Crippen LogP contribution in [-0.2, 0) is 12.8 Å². The van der Waals surface area contributed by atoms with E-state index in [1.54, 1.807) is 7.11 Å². The van der Waals surface area contributed by atoms with E-state index >= 15 is 0 Å². The summed E-state index contributed by atoms with van der Waals surface area (Å²) in [5.41, 5.74) is 7.52. The summed E-state index contributed by atoms with van der Waals surface area (Å²) in [6.45, 7) is 18.1. The van der Waals surface area contributed by atoms with Crippen molar-refractivity contribution in [2.24, 2.45) is 0 Å². The molecule has 3 rings (SSSR count). The molecule has 1 aliphatic carbocycles. The van der Waals surface area contributed by atoms with Gasteiger partial charge in [-0.1, -0.05) is 39.1 Å². The van der Waals surface area contributed by atoms with E-state index in [2.05, 4.69) is 79.6 Å². The molecule has 6 heteroatoms. The first-order valence-corrected chi connectivity index (χ1v) is 12.7. The first-order valence-electron chi connectivity index (χ1n) is 12.7. The van der Waals surface area contributed by atoms with Crippen molar-refractivity contribution >= 4 is 5.69 Å². The molecule has 0 spiro atoms. The molecule has 2 N–H and O–H groups in total. The summed E-state index contributed by atoms with van der Waals surface area (Å²) in [5, 5.41) is 16.4. The van der Waals surface area contributed by atoms with Gasteiger partial charge in [-0.2, -0.15) is 5.26 Å². The van der Waals surface area contributed by atoms with Gasteiger partial charge in [0, 0.05) is 49.3 Å². The zero-order valence-electron chi connectivity index (χ0n) is 22.5. The van der Waals surface area contributed by atoms with Crippen LogP contribution in [0.5, 0.6) is 5.75 Å². The van der Waals surface area contributed by atoms with Gasteiger partial charge in [0.15, 0.2) is 0 Å². The third-order valence-electron chi connectivity index (χ3n) is 6.86. The van der Waals surface area contributed by atoms with Gasteiger partial charge in [-0.05, 0) is 60.7 Å². The Bertz CT molecular complexity index is 1120. The van der Waals surface area contributed by atoms with E-state index in [1.165, 1.54) is 11.1 Å². The lowest BCUT2D eigenvalue weighted by Crippen LogP contribution is -2.40. The number of aryl methyl sites for hydroxylation is 1. The number of likely N-dealkylation sites (N-methyl/N-ethyl adjacent to an activating group) is 1. The average Bonchev–Trinajstić information content (AvgIpc) is 3.29. The van der Waals surface area contributed by atoms with Crippen LogP contribution in [0.25, 0.3) is 0 Å². The molecule has 1 unspecified atom stereocenters. The highest BCUT2D eigenvalue weighted by atomic mass is 16.5. The molecule has 2 aromatic rings. The second-order valence-electron chi connectivity index (χ2n) is 9.98. The normalized spacial score (nSPS) is 14.2. The van der Waals surface area contributed by atoms with Gasteiger partial charge in [0.25, 0.3) is 0 Å². The van der Waals surface area contributed by atoms with E-state index in [0.717, 1.165) is 54.3 Å². The zero-order valence-corrected chi connectivity index (χ0v) is 22.5. The molecule has 36 heavy (non-hydrogen) atoms. The Labute approximate surface area is 217 Å². The van der Waals surface area contributed by atoms with E-state index in [1.807, 2.05) is 24.3 Å². The van der Waals surface area contributed by atoms with Gasteiger partial charge in [-0.15, -0.1) is 0 Å². The molecule has 1 aliphatic rings. The predicted molar refractivity (Wildman–Crippen MR) is 149 cm³/mol. The number of nitrogens with one attached hydrogen (secondary N) is 2. The van der Waals surface area contributed by atoms with Crippen LogP contribution in [0.2, 0.25) is 0 Å². The quantitative estimate of drug-likeness (QED) is 0.409. The Kier molecular flexibility index (Phi) is 9.44. The van der Waals surface area contributed by atoms with Crippen molar-refractivity contribution in [2.75, 3.05) is 45.2 Å². The van der Waals surface area contributed by atoms with Gasteiger partial charge >= 0.3 is 0 Å². The molecule has 1 atom stereocenters. The van der Waals surface area contributed by atoms with Gasteiger partial charge in [0.1, 0.15) is 5.75 Å². The van der Waals surface area contributed by atoms with Crippen LogP contribution in [0.15, 0.2) is 61.0 Å². The number of anilines is 1. The van der Waals surface area contributed by atoms with Gasteiger partial charge in [0.2, 0.25) is 0 Å². The molecule has 0 heterocycles. The maximum atomic E-state index is 9.50. The Hall–Kier alpha value is -3.43. The van der Waals surface area contributed by atoms with Crippen molar-refractivity contribution in [3.8, 4) is 11.8 Å². The molecule has 192 valence electrons. The standard InChI is InChI=1S/C30H41N5O/c1-21(2)32-12-13-33-23(4)19-35(30-14-25(18-31)9-8-22(30)3)20-24(5)34(6)28-15-26-10-11-29(36-7)17-27(26)16-28/h8-11,14,17,21,28,32-33H,4-5,12-13,15-16,19-20H2,1-3,6-7H3. The summed E-state index contributed by atoms with van der Waals surface area (Å²) in [7, 11) is 3.85. The SMILES string of the molecule is C=C(CN(CC(=C)N(C)C1Cc2ccc(OC)cc2C1)c1cc(C#N)ccc1C)NCCNC(C)C. The second-order valence-corrected chi connectivity index (χ2v) is 9.98. The van der Waals surface area contributed by atoms with Crippen molar-refractivity contribution < 1.29 is 4.74 Å². The minimum Gasteiger partial charge on any atom is -0.497 e.